The molecule has 0 radical (unpaired) electrons. The van der Waals surface area contributed by atoms with Crippen LogP contribution in [0.3, 0.4) is 0 Å². The monoisotopic (exact) mass is 424 g/mol. The number of rotatable bonds is 7. The normalized spacial score (nSPS) is 11.0. The molecule has 0 bridgehead atoms. The second-order valence-corrected chi connectivity index (χ2v) is 6.51. The van der Waals surface area contributed by atoms with Gasteiger partial charge in [0.2, 0.25) is 11.9 Å². The molecular formula is C21H18ClFN6O. The first-order valence-corrected chi connectivity index (χ1v) is 9.21. The van der Waals surface area contributed by atoms with Crippen LogP contribution in [0, 0.1) is 5.82 Å². The summed E-state index contributed by atoms with van der Waals surface area (Å²) in [7, 11) is 0. The van der Waals surface area contributed by atoms with Crippen molar-refractivity contribution in [2.45, 2.75) is 6.92 Å². The maximum atomic E-state index is 13.0. The molecule has 0 spiro atoms. The zero-order chi connectivity index (χ0) is 21.5. The van der Waals surface area contributed by atoms with E-state index in [-0.39, 0.29) is 17.7 Å². The van der Waals surface area contributed by atoms with Crippen molar-refractivity contribution in [3.05, 3.63) is 83.8 Å². The van der Waals surface area contributed by atoms with E-state index in [1.54, 1.807) is 43.3 Å². The first-order chi connectivity index (χ1) is 14.4. The lowest BCUT2D eigenvalue weighted by molar-refractivity contribution is -0.111. The molecule has 152 valence electrons. The van der Waals surface area contributed by atoms with Crippen LogP contribution in [0.1, 0.15) is 12.5 Å². The maximum absolute atomic E-state index is 13.0. The summed E-state index contributed by atoms with van der Waals surface area (Å²) in [4.78, 5) is 19.9. The molecule has 2 aromatic carbocycles. The Morgan fingerprint density at radius 1 is 1.20 bits per heavy atom. The molecule has 3 aromatic rings. The molecular weight excluding hydrogens is 407 g/mol. The van der Waals surface area contributed by atoms with Gasteiger partial charge >= 0.3 is 0 Å². The standard InChI is InChI=1S/C21H18ClFN6O/c1-3-19(30)25-16-5-4-6-17(11-16)26-20-18(22)12-24-21(27-20)29-28-13(2)14-7-9-15(23)10-8-14/h3-12H,1H2,2H3,(H,25,30)(H2,24,26,27,29)/b28-13+. The maximum Gasteiger partial charge on any atom is 0.247 e. The van der Waals surface area contributed by atoms with Crippen LogP contribution in [0.5, 0.6) is 0 Å². The fraction of sp³-hybridized carbons (Fsp3) is 0.0476. The fourth-order valence-corrected chi connectivity index (χ4v) is 2.54. The van der Waals surface area contributed by atoms with Crippen molar-refractivity contribution in [3.8, 4) is 0 Å². The van der Waals surface area contributed by atoms with E-state index in [2.05, 4.69) is 37.7 Å². The average molecular weight is 425 g/mol. The summed E-state index contributed by atoms with van der Waals surface area (Å²) in [5, 5.41) is 10.3. The van der Waals surface area contributed by atoms with E-state index < -0.39 is 0 Å². The quantitative estimate of drug-likeness (QED) is 0.283. The smallest absolute Gasteiger partial charge is 0.247 e. The molecule has 3 rings (SSSR count). The van der Waals surface area contributed by atoms with Crippen LogP contribution in [-0.4, -0.2) is 21.6 Å². The summed E-state index contributed by atoms with van der Waals surface area (Å²) < 4.78 is 13.0. The van der Waals surface area contributed by atoms with Gasteiger partial charge in [-0.1, -0.05) is 36.4 Å². The lowest BCUT2D eigenvalue weighted by Gasteiger charge is -2.10. The van der Waals surface area contributed by atoms with Gasteiger partial charge < -0.3 is 10.6 Å². The number of halogens is 2. The number of hydrazone groups is 1. The predicted molar refractivity (Wildman–Crippen MR) is 118 cm³/mol. The number of carbonyl (C=O) groups excluding carboxylic acids is 1. The van der Waals surface area contributed by atoms with E-state index in [4.69, 9.17) is 11.6 Å². The molecule has 9 heteroatoms. The first-order valence-electron chi connectivity index (χ1n) is 8.84. The highest BCUT2D eigenvalue weighted by Gasteiger charge is 2.07. The second-order valence-electron chi connectivity index (χ2n) is 6.11. The number of hydrogen-bond donors (Lipinski definition) is 3. The fourth-order valence-electron chi connectivity index (χ4n) is 2.40. The molecule has 0 aliphatic heterocycles. The molecule has 0 aliphatic carbocycles. The molecule has 1 aromatic heterocycles. The van der Waals surface area contributed by atoms with Gasteiger partial charge in [0.1, 0.15) is 10.8 Å². The Hall–Kier alpha value is -3.78. The third-order valence-corrected chi connectivity index (χ3v) is 4.18. The SMILES string of the molecule is C=CC(=O)Nc1cccc(Nc2nc(N/N=C(\C)c3ccc(F)cc3)ncc2Cl)c1. The number of aromatic nitrogens is 2. The van der Waals surface area contributed by atoms with Gasteiger partial charge in [-0.05, 0) is 48.9 Å². The molecule has 1 heterocycles. The average Bonchev–Trinajstić information content (AvgIpc) is 2.74. The highest BCUT2D eigenvalue weighted by molar-refractivity contribution is 6.32. The number of nitrogens with one attached hydrogen (secondary N) is 3. The molecule has 30 heavy (non-hydrogen) atoms. The Bertz CT molecular complexity index is 1100. The molecule has 3 N–H and O–H groups in total. The Balaban J connectivity index is 1.74. The lowest BCUT2D eigenvalue weighted by atomic mass is 10.1. The number of hydrogen-bond acceptors (Lipinski definition) is 6. The van der Waals surface area contributed by atoms with E-state index >= 15 is 0 Å². The molecule has 0 saturated heterocycles. The lowest BCUT2D eigenvalue weighted by Crippen LogP contribution is -2.07. The van der Waals surface area contributed by atoms with E-state index in [0.29, 0.717) is 27.9 Å². The minimum atomic E-state index is -0.315. The van der Waals surface area contributed by atoms with E-state index in [9.17, 15) is 9.18 Å². The third kappa shape index (κ3) is 5.62. The number of anilines is 4. The highest BCUT2D eigenvalue weighted by atomic mass is 35.5. The second kappa shape index (κ2) is 9.62. The molecule has 0 unspecified atom stereocenters. The summed E-state index contributed by atoms with van der Waals surface area (Å²) >= 11 is 6.20. The predicted octanol–water partition coefficient (Wildman–Crippen LogP) is 4.97. The Labute approximate surface area is 177 Å². The molecule has 0 atom stereocenters. The third-order valence-electron chi connectivity index (χ3n) is 3.91. The van der Waals surface area contributed by atoms with Gasteiger partial charge in [-0.25, -0.2) is 14.8 Å². The van der Waals surface area contributed by atoms with Crippen LogP contribution in [0.2, 0.25) is 5.02 Å². The van der Waals surface area contributed by atoms with Crippen molar-refractivity contribution >= 4 is 46.4 Å². The first kappa shape index (κ1) is 20.9. The number of amides is 1. The van der Waals surface area contributed by atoms with Crippen LogP contribution in [-0.2, 0) is 4.79 Å². The van der Waals surface area contributed by atoms with Crippen LogP contribution in [0.25, 0.3) is 0 Å². The van der Waals surface area contributed by atoms with Crippen molar-refractivity contribution in [3.63, 3.8) is 0 Å². The molecule has 1 amide bonds. The van der Waals surface area contributed by atoms with E-state index in [0.717, 1.165) is 5.56 Å². The van der Waals surface area contributed by atoms with Crippen molar-refractivity contribution in [1.82, 2.24) is 9.97 Å². The van der Waals surface area contributed by atoms with Gasteiger partial charge in [-0.2, -0.15) is 10.1 Å². The van der Waals surface area contributed by atoms with Crippen LogP contribution in [0.4, 0.5) is 27.5 Å². The largest absolute Gasteiger partial charge is 0.339 e. The molecule has 7 nitrogen and oxygen atoms in total. The van der Waals surface area contributed by atoms with Gasteiger partial charge in [0.25, 0.3) is 0 Å². The summed E-state index contributed by atoms with van der Waals surface area (Å²) in [6.45, 7) is 5.20. The zero-order valence-corrected chi connectivity index (χ0v) is 16.7. The van der Waals surface area contributed by atoms with Crippen molar-refractivity contribution < 1.29 is 9.18 Å². The van der Waals surface area contributed by atoms with Crippen molar-refractivity contribution in [1.29, 1.82) is 0 Å². The topological polar surface area (TPSA) is 91.3 Å². The Morgan fingerprint density at radius 3 is 2.67 bits per heavy atom. The summed E-state index contributed by atoms with van der Waals surface area (Å²) in [6.07, 6.45) is 2.62. The highest BCUT2D eigenvalue weighted by Crippen LogP contribution is 2.25. The molecule has 0 saturated carbocycles. The minimum Gasteiger partial charge on any atom is -0.339 e. The van der Waals surface area contributed by atoms with Gasteiger partial charge in [-0.3, -0.25) is 4.79 Å². The van der Waals surface area contributed by atoms with Crippen molar-refractivity contribution in [2.75, 3.05) is 16.1 Å². The van der Waals surface area contributed by atoms with Crippen molar-refractivity contribution in [2.24, 2.45) is 5.10 Å². The summed E-state index contributed by atoms with van der Waals surface area (Å²) in [5.74, 6) is -0.0482. The summed E-state index contributed by atoms with van der Waals surface area (Å²) in [5.41, 5.74) is 5.41. The number of carbonyl (C=O) groups is 1. The Morgan fingerprint density at radius 2 is 1.93 bits per heavy atom. The minimum absolute atomic E-state index is 0.222. The molecule has 0 aliphatic rings. The van der Waals surface area contributed by atoms with Crippen LogP contribution < -0.4 is 16.1 Å². The summed E-state index contributed by atoms with van der Waals surface area (Å²) in [6, 6.07) is 13.0. The van der Waals surface area contributed by atoms with Crippen LogP contribution in [0.15, 0.2) is 72.5 Å². The Kier molecular flexibility index (Phi) is 6.71. The van der Waals surface area contributed by atoms with Gasteiger partial charge in [-0.15, -0.1) is 0 Å². The van der Waals surface area contributed by atoms with Gasteiger partial charge in [0.15, 0.2) is 5.82 Å². The van der Waals surface area contributed by atoms with Crippen LogP contribution >= 0.6 is 11.6 Å². The van der Waals surface area contributed by atoms with Gasteiger partial charge in [0, 0.05) is 11.4 Å². The number of nitrogens with zero attached hydrogens (tertiary/aromatic N) is 3. The number of benzene rings is 2. The molecule has 0 fully saturated rings. The van der Waals surface area contributed by atoms with Gasteiger partial charge in [0.05, 0.1) is 11.9 Å². The van der Waals surface area contributed by atoms with E-state index in [1.165, 1.54) is 24.4 Å². The van der Waals surface area contributed by atoms with E-state index in [1.807, 2.05) is 0 Å². The zero-order valence-electron chi connectivity index (χ0n) is 16.0.